The maximum absolute atomic E-state index is 6.57. The Labute approximate surface area is 327 Å². The largest absolute Gasteiger partial charge is 0.457 e. The van der Waals surface area contributed by atoms with Crippen molar-refractivity contribution in [1.82, 2.24) is 5.32 Å². The van der Waals surface area contributed by atoms with E-state index in [1.165, 1.54) is 50.1 Å². The molecule has 11 rings (SSSR count). The lowest BCUT2D eigenvalue weighted by Crippen LogP contribution is -2.32. The van der Waals surface area contributed by atoms with Crippen LogP contribution in [-0.4, -0.2) is 5.84 Å². The predicted octanol–water partition coefficient (Wildman–Crippen LogP) is 12.6. The zero-order valence-electron chi connectivity index (χ0n) is 30.6. The van der Waals surface area contributed by atoms with Crippen LogP contribution >= 0.6 is 0 Å². The van der Waals surface area contributed by atoms with E-state index in [0.29, 0.717) is 0 Å². The van der Waals surface area contributed by atoms with Gasteiger partial charge in [0.2, 0.25) is 0 Å². The van der Waals surface area contributed by atoms with Gasteiger partial charge in [-0.15, -0.1) is 0 Å². The van der Waals surface area contributed by atoms with Crippen LogP contribution in [0.2, 0.25) is 0 Å². The Hall–Kier alpha value is -7.23. The topological polar surface area (TPSA) is 33.6 Å². The summed E-state index contributed by atoms with van der Waals surface area (Å²) in [4.78, 5) is 5.18. The van der Waals surface area contributed by atoms with Crippen LogP contribution in [0.25, 0.3) is 39.1 Å². The molecule has 3 aliphatic rings. The number of amidine groups is 1. The number of hydrogen-bond donors (Lipinski definition) is 1. The van der Waals surface area contributed by atoms with Crippen molar-refractivity contribution in [3.8, 4) is 44.9 Å². The standard InChI is InChI=1S/C53H36N2O/c1-3-15-35(16-4-1)48-34-49(55-52(54-48)36-17-5-2-6-18-36)41-22-14-21-39(32-41)37-19-13-20-38(31-37)40-29-30-43-42-23-7-8-24-44(42)53(47(43)33-40)45-25-9-11-27-50(45)56-51-28-12-10-26-46(51)53/h1-34,48H,(H,54,55). The van der Waals surface area contributed by atoms with Gasteiger partial charge in [-0.1, -0.05) is 170 Å². The highest BCUT2D eigenvalue weighted by molar-refractivity contribution is 6.03. The summed E-state index contributed by atoms with van der Waals surface area (Å²) in [6.45, 7) is 0. The van der Waals surface area contributed by atoms with Gasteiger partial charge in [0.25, 0.3) is 0 Å². The van der Waals surface area contributed by atoms with Crippen molar-refractivity contribution in [1.29, 1.82) is 0 Å². The monoisotopic (exact) mass is 716 g/mol. The lowest BCUT2D eigenvalue weighted by Gasteiger charge is -2.39. The van der Waals surface area contributed by atoms with Crippen LogP contribution < -0.4 is 10.1 Å². The van der Waals surface area contributed by atoms with Crippen molar-refractivity contribution in [3.05, 3.63) is 245 Å². The summed E-state index contributed by atoms with van der Waals surface area (Å²) < 4.78 is 6.57. The Morgan fingerprint density at radius 2 is 0.929 bits per heavy atom. The van der Waals surface area contributed by atoms with Crippen molar-refractivity contribution < 1.29 is 4.74 Å². The molecule has 1 atom stereocenters. The normalized spacial score (nSPS) is 15.6. The van der Waals surface area contributed by atoms with Crippen molar-refractivity contribution >= 4 is 11.5 Å². The first-order valence-electron chi connectivity index (χ1n) is 19.2. The zero-order valence-corrected chi connectivity index (χ0v) is 30.6. The molecule has 1 unspecified atom stereocenters. The van der Waals surface area contributed by atoms with Gasteiger partial charge in [0.15, 0.2) is 0 Å². The second-order valence-electron chi connectivity index (χ2n) is 14.7. The summed E-state index contributed by atoms with van der Waals surface area (Å²) in [5.41, 5.74) is 15.9. The fourth-order valence-electron chi connectivity index (χ4n) is 9.05. The minimum Gasteiger partial charge on any atom is -0.457 e. The van der Waals surface area contributed by atoms with Gasteiger partial charge in [-0.2, -0.15) is 0 Å². The number of nitrogens with one attached hydrogen (secondary N) is 1. The Kier molecular flexibility index (Phi) is 7.46. The molecule has 56 heavy (non-hydrogen) atoms. The van der Waals surface area contributed by atoms with E-state index in [2.05, 4.69) is 206 Å². The predicted molar refractivity (Wildman–Crippen MR) is 228 cm³/mol. The molecule has 1 spiro atoms. The number of aliphatic imine (C=N–C) groups is 1. The molecule has 0 fully saturated rings. The van der Waals surface area contributed by atoms with Gasteiger partial charge in [0.1, 0.15) is 17.3 Å². The van der Waals surface area contributed by atoms with Crippen molar-refractivity contribution in [2.75, 3.05) is 0 Å². The molecule has 3 nitrogen and oxygen atoms in total. The van der Waals surface area contributed by atoms with Crippen LogP contribution in [0.4, 0.5) is 0 Å². The molecular weight excluding hydrogens is 681 g/mol. The number of hydrogen-bond acceptors (Lipinski definition) is 3. The van der Waals surface area contributed by atoms with Gasteiger partial charge < -0.3 is 10.1 Å². The lowest BCUT2D eigenvalue weighted by molar-refractivity contribution is 0.436. The number of para-hydroxylation sites is 2. The van der Waals surface area contributed by atoms with Gasteiger partial charge in [-0.25, -0.2) is 4.99 Å². The molecule has 8 aromatic carbocycles. The third-order valence-electron chi connectivity index (χ3n) is 11.6. The molecule has 264 valence electrons. The third-order valence-corrected chi connectivity index (χ3v) is 11.6. The maximum Gasteiger partial charge on any atom is 0.134 e. The SMILES string of the molecule is C1=C(c2cccc(-c3cccc(-c4ccc5c(c4)C4(c6ccccc6Oc6ccccc64)c4ccccc4-5)c3)c2)N=C(c2ccccc2)NC1c1ccccc1. The molecule has 0 radical (unpaired) electrons. The van der Waals surface area contributed by atoms with E-state index in [1.54, 1.807) is 0 Å². The molecule has 0 aromatic heterocycles. The van der Waals surface area contributed by atoms with Crippen molar-refractivity contribution in [3.63, 3.8) is 0 Å². The number of ether oxygens (including phenoxy) is 1. The molecule has 0 saturated heterocycles. The molecule has 0 amide bonds. The van der Waals surface area contributed by atoms with Gasteiger partial charge in [-0.05, 0) is 86.5 Å². The summed E-state index contributed by atoms with van der Waals surface area (Å²) in [5.74, 6) is 2.68. The van der Waals surface area contributed by atoms with Gasteiger partial charge in [0.05, 0.1) is 17.2 Å². The first-order chi connectivity index (χ1) is 27.7. The fourth-order valence-corrected chi connectivity index (χ4v) is 9.05. The number of fused-ring (bicyclic) bond motifs is 9. The van der Waals surface area contributed by atoms with Crippen LogP contribution in [0, 0.1) is 0 Å². The van der Waals surface area contributed by atoms with Crippen LogP contribution in [0.15, 0.2) is 211 Å². The zero-order chi connectivity index (χ0) is 37.1. The van der Waals surface area contributed by atoms with Gasteiger partial charge >= 0.3 is 0 Å². The summed E-state index contributed by atoms with van der Waals surface area (Å²) in [7, 11) is 0. The number of nitrogens with zero attached hydrogens (tertiary/aromatic N) is 1. The first-order valence-corrected chi connectivity index (χ1v) is 19.2. The first kappa shape index (κ1) is 32.2. The maximum atomic E-state index is 6.57. The summed E-state index contributed by atoms with van der Waals surface area (Å²) in [6, 6.07) is 71.7. The van der Waals surface area contributed by atoms with Crippen LogP contribution in [0.3, 0.4) is 0 Å². The van der Waals surface area contributed by atoms with E-state index in [9.17, 15) is 0 Å². The Balaban J connectivity index is 1.01. The average Bonchev–Trinajstić information content (AvgIpc) is 3.57. The van der Waals surface area contributed by atoms with E-state index < -0.39 is 5.41 Å². The van der Waals surface area contributed by atoms with E-state index >= 15 is 0 Å². The van der Waals surface area contributed by atoms with Gasteiger partial charge in [-0.3, -0.25) is 0 Å². The lowest BCUT2D eigenvalue weighted by atomic mass is 9.66. The third kappa shape index (κ3) is 5.09. The minimum atomic E-state index is -0.501. The summed E-state index contributed by atoms with van der Waals surface area (Å²) >= 11 is 0. The van der Waals surface area contributed by atoms with Crippen LogP contribution in [0.5, 0.6) is 11.5 Å². The highest BCUT2D eigenvalue weighted by atomic mass is 16.5. The van der Waals surface area contributed by atoms with E-state index in [1.807, 2.05) is 6.07 Å². The molecule has 1 N–H and O–H groups in total. The molecule has 2 heterocycles. The minimum absolute atomic E-state index is 0.00483. The average molecular weight is 717 g/mol. The molecule has 2 aliphatic heterocycles. The van der Waals surface area contributed by atoms with Gasteiger partial charge in [0, 0.05) is 22.3 Å². The molecule has 1 aliphatic carbocycles. The number of rotatable bonds is 5. The molecular formula is C53H36N2O. The second kappa shape index (κ2) is 13.0. The highest BCUT2D eigenvalue weighted by Crippen LogP contribution is 2.62. The fraction of sp³-hybridized carbons (Fsp3) is 0.0377. The quantitative estimate of drug-likeness (QED) is 0.192. The summed E-state index contributed by atoms with van der Waals surface area (Å²) in [5, 5.41) is 3.68. The second-order valence-corrected chi connectivity index (χ2v) is 14.7. The molecule has 3 heteroatoms. The Morgan fingerprint density at radius 1 is 0.411 bits per heavy atom. The molecule has 0 bridgehead atoms. The van der Waals surface area contributed by atoms with E-state index in [-0.39, 0.29) is 6.04 Å². The van der Waals surface area contributed by atoms with Crippen LogP contribution in [-0.2, 0) is 5.41 Å². The van der Waals surface area contributed by atoms with Crippen molar-refractivity contribution in [2.24, 2.45) is 4.99 Å². The smallest absolute Gasteiger partial charge is 0.134 e. The van der Waals surface area contributed by atoms with E-state index in [4.69, 9.17) is 9.73 Å². The molecule has 0 saturated carbocycles. The highest BCUT2D eigenvalue weighted by Gasteiger charge is 2.51. The Morgan fingerprint density at radius 3 is 1.62 bits per heavy atom. The van der Waals surface area contributed by atoms with E-state index in [0.717, 1.165) is 45.3 Å². The number of benzene rings is 8. The Bertz CT molecular complexity index is 2830. The summed E-state index contributed by atoms with van der Waals surface area (Å²) in [6.07, 6.45) is 2.24. The molecule has 8 aromatic rings. The van der Waals surface area contributed by atoms with Crippen LogP contribution in [0.1, 0.15) is 45.0 Å². The van der Waals surface area contributed by atoms with Crippen molar-refractivity contribution in [2.45, 2.75) is 11.5 Å².